The second kappa shape index (κ2) is 7.32. The summed E-state index contributed by atoms with van der Waals surface area (Å²) >= 11 is 0. The maximum Gasteiger partial charge on any atom is 0.396 e. The molecular weight excluding hydrogens is 350 g/mol. The number of nitrogens with one attached hydrogen (secondary N) is 1. The van der Waals surface area contributed by atoms with Crippen molar-refractivity contribution in [3.05, 3.63) is 0 Å². The fraction of sp³-hybridized carbons (Fsp3) is 0.917. The Morgan fingerprint density at radius 1 is 0.964 bits per heavy atom. The lowest BCUT2D eigenvalue weighted by Gasteiger charge is -2.61. The first kappa shape index (κ1) is 20.2. The van der Waals surface area contributed by atoms with E-state index in [4.69, 9.17) is 4.74 Å². The van der Waals surface area contributed by atoms with E-state index in [-0.39, 0.29) is 12.6 Å². The van der Waals surface area contributed by atoms with Crippen LogP contribution < -0.4 is 5.32 Å². The van der Waals surface area contributed by atoms with Gasteiger partial charge in [-0.3, -0.25) is 4.79 Å². The fourth-order valence-electron chi connectivity index (χ4n) is 8.09. The third-order valence-electron chi connectivity index (χ3n) is 9.94. The minimum atomic E-state index is -0.735. The first-order valence-electron chi connectivity index (χ1n) is 11.8. The van der Waals surface area contributed by atoms with Gasteiger partial charge in [0.25, 0.3) is 0 Å². The first-order chi connectivity index (χ1) is 13.3. The third kappa shape index (κ3) is 3.10. The van der Waals surface area contributed by atoms with Gasteiger partial charge in [0.2, 0.25) is 0 Å². The SMILES string of the molecule is CCOC(=O)C(=O)N[C@@H]1CC[C@@]2(C)[C@H](CC[C@@H]3[C@@H]2CC[C@]2(C)[C@@H](C)CC[C@@H]32)C1. The lowest BCUT2D eigenvalue weighted by atomic mass is 9.44. The van der Waals surface area contributed by atoms with Crippen LogP contribution in [0.25, 0.3) is 0 Å². The van der Waals surface area contributed by atoms with Gasteiger partial charge in [0.1, 0.15) is 0 Å². The summed E-state index contributed by atoms with van der Waals surface area (Å²) in [6, 6.07) is 0.131. The molecule has 0 aromatic heterocycles. The molecule has 0 spiro atoms. The summed E-state index contributed by atoms with van der Waals surface area (Å²) in [7, 11) is 0. The number of fused-ring (bicyclic) bond motifs is 5. The van der Waals surface area contributed by atoms with Crippen LogP contribution in [-0.2, 0) is 14.3 Å². The Hall–Kier alpha value is -1.06. The highest BCUT2D eigenvalue weighted by Gasteiger charge is 2.59. The average Bonchev–Trinajstić information content (AvgIpc) is 2.97. The number of rotatable bonds is 2. The van der Waals surface area contributed by atoms with Gasteiger partial charge < -0.3 is 10.1 Å². The molecular formula is C24H39NO3. The summed E-state index contributed by atoms with van der Waals surface area (Å²) in [5, 5.41) is 2.96. The molecule has 1 amide bonds. The number of hydrogen-bond acceptors (Lipinski definition) is 3. The van der Waals surface area contributed by atoms with Crippen molar-refractivity contribution in [2.45, 2.75) is 91.5 Å². The summed E-state index contributed by atoms with van der Waals surface area (Å²) in [6.45, 7) is 9.61. The molecule has 4 fully saturated rings. The zero-order valence-electron chi connectivity index (χ0n) is 18.3. The predicted molar refractivity (Wildman–Crippen MR) is 109 cm³/mol. The van der Waals surface area contributed by atoms with Crippen LogP contribution in [0.4, 0.5) is 0 Å². The van der Waals surface area contributed by atoms with Gasteiger partial charge in [-0.05, 0) is 105 Å². The molecule has 28 heavy (non-hydrogen) atoms. The molecule has 4 aliphatic rings. The second-order valence-electron chi connectivity index (χ2n) is 10.8. The van der Waals surface area contributed by atoms with E-state index in [0.717, 1.165) is 36.5 Å². The van der Waals surface area contributed by atoms with Crippen LogP contribution in [0.5, 0.6) is 0 Å². The standard InChI is InChI=1S/C24H39NO3/c1-5-28-22(27)21(26)25-17-10-12-24(4)16(14-17)7-8-18-19-9-6-15(2)23(19,3)13-11-20(18)24/h15-20H,5-14H2,1-4H3,(H,25,26)/t15-,16+,17+,18-,19-,20-,23+,24-/m0/s1. The molecule has 0 bridgehead atoms. The normalized spacial score (nSPS) is 47.4. The van der Waals surface area contributed by atoms with Gasteiger partial charge in [0.05, 0.1) is 6.61 Å². The maximum atomic E-state index is 12.1. The van der Waals surface area contributed by atoms with Gasteiger partial charge in [-0.15, -0.1) is 0 Å². The minimum absolute atomic E-state index is 0.131. The molecule has 158 valence electrons. The second-order valence-corrected chi connectivity index (χ2v) is 10.8. The van der Waals surface area contributed by atoms with E-state index < -0.39 is 11.9 Å². The van der Waals surface area contributed by atoms with Crippen molar-refractivity contribution in [2.75, 3.05) is 6.61 Å². The van der Waals surface area contributed by atoms with Gasteiger partial charge in [0, 0.05) is 6.04 Å². The van der Waals surface area contributed by atoms with Crippen molar-refractivity contribution in [2.24, 2.45) is 40.4 Å². The van der Waals surface area contributed by atoms with Gasteiger partial charge >= 0.3 is 11.9 Å². The molecule has 8 atom stereocenters. The van der Waals surface area contributed by atoms with Crippen molar-refractivity contribution in [3.8, 4) is 0 Å². The van der Waals surface area contributed by atoms with Crippen LogP contribution in [0.15, 0.2) is 0 Å². The largest absolute Gasteiger partial charge is 0.459 e. The molecule has 4 nitrogen and oxygen atoms in total. The van der Waals surface area contributed by atoms with Gasteiger partial charge in [-0.2, -0.15) is 0 Å². The lowest BCUT2D eigenvalue weighted by Crippen LogP contribution is -2.55. The smallest absolute Gasteiger partial charge is 0.396 e. The first-order valence-corrected chi connectivity index (χ1v) is 11.8. The Morgan fingerprint density at radius 3 is 2.43 bits per heavy atom. The van der Waals surface area contributed by atoms with Crippen molar-refractivity contribution in [1.29, 1.82) is 0 Å². The van der Waals surface area contributed by atoms with Crippen LogP contribution in [0.2, 0.25) is 0 Å². The Kier molecular flexibility index (Phi) is 5.29. The number of ether oxygens (including phenoxy) is 1. The Bertz CT molecular complexity index is 633. The van der Waals surface area contributed by atoms with Crippen LogP contribution in [-0.4, -0.2) is 24.5 Å². The van der Waals surface area contributed by atoms with E-state index in [2.05, 4.69) is 26.1 Å². The average molecular weight is 390 g/mol. The van der Waals surface area contributed by atoms with Crippen molar-refractivity contribution in [3.63, 3.8) is 0 Å². The Morgan fingerprint density at radius 2 is 1.68 bits per heavy atom. The van der Waals surface area contributed by atoms with Gasteiger partial charge in [0.15, 0.2) is 0 Å². The lowest BCUT2D eigenvalue weighted by molar-refractivity contribution is -0.155. The molecule has 0 aliphatic heterocycles. The van der Waals surface area contributed by atoms with E-state index in [1.165, 1.54) is 44.9 Å². The molecule has 0 radical (unpaired) electrons. The number of carbonyl (C=O) groups excluding carboxylic acids is 2. The van der Waals surface area contributed by atoms with Crippen LogP contribution in [0.1, 0.15) is 85.5 Å². The molecule has 0 unspecified atom stereocenters. The van der Waals surface area contributed by atoms with Gasteiger partial charge in [-0.25, -0.2) is 4.79 Å². The topological polar surface area (TPSA) is 55.4 Å². The Labute approximate surface area is 170 Å². The minimum Gasteiger partial charge on any atom is -0.459 e. The van der Waals surface area contributed by atoms with E-state index in [1.54, 1.807) is 6.92 Å². The molecule has 4 aliphatic carbocycles. The van der Waals surface area contributed by atoms with Crippen molar-refractivity contribution in [1.82, 2.24) is 5.32 Å². The molecule has 0 aromatic carbocycles. The van der Waals surface area contributed by atoms with Crippen molar-refractivity contribution >= 4 is 11.9 Å². The summed E-state index contributed by atoms with van der Waals surface area (Å²) in [5.74, 6) is 2.97. The summed E-state index contributed by atoms with van der Waals surface area (Å²) in [4.78, 5) is 23.8. The zero-order chi connectivity index (χ0) is 20.1. The van der Waals surface area contributed by atoms with Gasteiger partial charge in [-0.1, -0.05) is 20.8 Å². The number of carbonyl (C=O) groups is 2. The summed E-state index contributed by atoms with van der Waals surface area (Å²) in [6.07, 6.45) is 11.6. The molecule has 1 N–H and O–H groups in total. The maximum absolute atomic E-state index is 12.1. The number of amides is 1. The van der Waals surface area contributed by atoms with E-state index in [1.807, 2.05) is 0 Å². The van der Waals surface area contributed by atoms with Crippen LogP contribution in [0, 0.1) is 40.4 Å². The fourth-order valence-corrected chi connectivity index (χ4v) is 8.09. The number of esters is 1. The van der Waals surface area contributed by atoms with Crippen molar-refractivity contribution < 1.29 is 14.3 Å². The van der Waals surface area contributed by atoms with E-state index in [0.29, 0.717) is 16.7 Å². The molecule has 0 saturated heterocycles. The molecule has 4 rings (SSSR count). The highest BCUT2D eigenvalue weighted by molar-refractivity contribution is 6.32. The molecule has 4 saturated carbocycles. The molecule has 0 heterocycles. The van der Waals surface area contributed by atoms with E-state index in [9.17, 15) is 9.59 Å². The van der Waals surface area contributed by atoms with Crippen LogP contribution >= 0.6 is 0 Å². The number of hydrogen-bond donors (Lipinski definition) is 1. The molecule has 4 heteroatoms. The predicted octanol–water partition coefficient (Wildman–Crippen LogP) is 4.71. The third-order valence-corrected chi connectivity index (χ3v) is 9.94. The molecule has 0 aromatic rings. The zero-order valence-corrected chi connectivity index (χ0v) is 18.3. The van der Waals surface area contributed by atoms with E-state index >= 15 is 0 Å². The van der Waals surface area contributed by atoms with Crippen LogP contribution in [0.3, 0.4) is 0 Å². The monoisotopic (exact) mass is 389 g/mol. The summed E-state index contributed by atoms with van der Waals surface area (Å²) in [5.41, 5.74) is 0.996. The highest BCUT2D eigenvalue weighted by atomic mass is 16.5. The highest BCUT2D eigenvalue weighted by Crippen LogP contribution is 2.67. The quantitative estimate of drug-likeness (QED) is 0.549. The summed E-state index contributed by atoms with van der Waals surface area (Å²) < 4.78 is 4.85. The Balaban J connectivity index is 1.43.